The normalized spacial score (nSPS) is 11.6. The molecule has 0 saturated heterocycles. The van der Waals surface area contributed by atoms with Crippen molar-refractivity contribution >= 4 is 43.7 Å². The van der Waals surface area contributed by atoms with E-state index in [-0.39, 0.29) is 0 Å². The lowest BCUT2D eigenvalue weighted by Gasteiger charge is -2.12. The molecule has 0 atom stereocenters. The topological polar surface area (TPSA) is 31.0 Å². The Kier molecular flexibility index (Phi) is 6.49. The fourth-order valence-electron chi connectivity index (χ4n) is 7.39. The second-order valence-corrected chi connectivity index (χ2v) is 12.8. The molecule has 7 aromatic carbocycles. The average Bonchev–Trinajstić information content (AvgIpc) is 3.74. The van der Waals surface area contributed by atoms with Crippen LogP contribution < -0.4 is 0 Å². The highest BCUT2D eigenvalue weighted by atomic mass is 16.3. The van der Waals surface area contributed by atoms with E-state index in [1.165, 1.54) is 21.9 Å². The Morgan fingerprint density at radius 1 is 0.360 bits per heavy atom. The summed E-state index contributed by atoms with van der Waals surface area (Å²) in [5.41, 5.74) is 13.7. The first-order chi connectivity index (χ1) is 24.8. The fourth-order valence-corrected chi connectivity index (χ4v) is 7.39. The van der Waals surface area contributed by atoms with Crippen LogP contribution in [0.4, 0.5) is 0 Å². The van der Waals surface area contributed by atoms with Gasteiger partial charge in [-0.2, -0.15) is 0 Å². The predicted octanol–water partition coefficient (Wildman–Crippen LogP) is 12.7. The van der Waals surface area contributed by atoms with Gasteiger partial charge < -0.3 is 8.98 Å². The summed E-state index contributed by atoms with van der Waals surface area (Å²) in [6.07, 6.45) is 0. The first kappa shape index (κ1) is 28.3. The van der Waals surface area contributed by atoms with Crippen LogP contribution in [0.5, 0.6) is 0 Å². The largest absolute Gasteiger partial charge is 0.454 e. The van der Waals surface area contributed by atoms with Crippen molar-refractivity contribution in [3.8, 4) is 50.5 Å². The molecule has 0 radical (unpaired) electrons. The molecule has 0 bridgehead atoms. The molecule has 0 aliphatic heterocycles. The van der Waals surface area contributed by atoms with Gasteiger partial charge in [-0.05, 0) is 58.7 Å². The second kappa shape index (κ2) is 11.5. The van der Waals surface area contributed by atoms with E-state index < -0.39 is 0 Å². The maximum absolute atomic E-state index is 6.64. The first-order valence-corrected chi connectivity index (χ1v) is 17.0. The Hall–Kier alpha value is -6.71. The maximum Gasteiger partial charge on any atom is 0.159 e. The van der Waals surface area contributed by atoms with Crippen LogP contribution >= 0.6 is 0 Å². The second-order valence-electron chi connectivity index (χ2n) is 12.8. The summed E-state index contributed by atoms with van der Waals surface area (Å²) in [5.74, 6) is 0. The molecule has 234 valence electrons. The lowest BCUT2D eigenvalue weighted by molar-refractivity contribution is 0.666. The molecule has 0 aliphatic rings. The minimum Gasteiger partial charge on any atom is -0.454 e. The van der Waals surface area contributed by atoms with E-state index in [0.717, 1.165) is 72.3 Å². The monoisotopic (exact) mass is 638 g/mol. The number of hydrogen-bond acceptors (Lipinski definition) is 2. The van der Waals surface area contributed by atoms with Gasteiger partial charge in [-0.25, -0.2) is 4.98 Å². The molecule has 0 spiro atoms. The lowest BCUT2D eigenvalue weighted by atomic mass is 9.98. The zero-order valence-electron chi connectivity index (χ0n) is 27.1. The Labute approximate surface area is 289 Å². The van der Waals surface area contributed by atoms with E-state index in [0.29, 0.717) is 0 Å². The molecule has 50 heavy (non-hydrogen) atoms. The number of furan rings is 1. The Morgan fingerprint density at radius 2 is 0.880 bits per heavy atom. The number of pyridine rings is 1. The van der Waals surface area contributed by atoms with Crippen molar-refractivity contribution in [1.29, 1.82) is 0 Å². The van der Waals surface area contributed by atoms with Crippen molar-refractivity contribution in [2.45, 2.75) is 0 Å². The Morgan fingerprint density at radius 3 is 1.50 bits per heavy atom. The van der Waals surface area contributed by atoms with Crippen LogP contribution in [0.3, 0.4) is 0 Å². The summed E-state index contributed by atoms with van der Waals surface area (Å²) >= 11 is 0. The summed E-state index contributed by atoms with van der Waals surface area (Å²) in [7, 11) is 0. The van der Waals surface area contributed by atoms with Crippen molar-refractivity contribution in [2.75, 3.05) is 0 Å². The zero-order valence-corrected chi connectivity index (χ0v) is 27.1. The molecule has 0 fully saturated rings. The molecule has 0 amide bonds. The maximum atomic E-state index is 6.64. The van der Waals surface area contributed by atoms with Crippen molar-refractivity contribution < 1.29 is 4.42 Å². The number of aromatic nitrogens is 2. The van der Waals surface area contributed by atoms with E-state index in [2.05, 4.69) is 168 Å². The van der Waals surface area contributed by atoms with E-state index in [1.54, 1.807) is 0 Å². The van der Waals surface area contributed by atoms with E-state index in [9.17, 15) is 0 Å². The van der Waals surface area contributed by atoms with Gasteiger partial charge in [0.25, 0.3) is 0 Å². The van der Waals surface area contributed by atoms with Gasteiger partial charge in [0.2, 0.25) is 0 Å². The Balaban J connectivity index is 1.26. The highest BCUT2D eigenvalue weighted by molar-refractivity contribution is 6.14. The molecule has 10 aromatic rings. The predicted molar refractivity (Wildman–Crippen MR) is 208 cm³/mol. The van der Waals surface area contributed by atoms with Gasteiger partial charge in [0.05, 0.1) is 28.1 Å². The third-order valence-electron chi connectivity index (χ3n) is 9.80. The standard InChI is InChI=1S/C47H30N2O/c1-4-13-31(14-5-1)34-23-25-37-38-26-24-35(36-27-41(32-15-6-2-7-16-32)48-42(28-36)33-17-8-3-9-18-33)30-45(38)49(44(37)29-34)43-21-12-20-40-39-19-10-11-22-46(39)50-47(40)43/h1-30H. The van der Waals surface area contributed by atoms with Crippen molar-refractivity contribution in [3.63, 3.8) is 0 Å². The molecule has 3 aromatic heterocycles. The van der Waals surface area contributed by atoms with Crippen LogP contribution in [0.1, 0.15) is 0 Å². The van der Waals surface area contributed by atoms with E-state index in [1.807, 2.05) is 18.2 Å². The van der Waals surface area contributed by atoms with Crippen LogP contribution in [0, 0.1) is 0 Å². The summed E-state index contributed by atoms with van der Waals surface area (Å²) in [6.45, 7) is 0. The molecule has 0 N–H and O–H groups in total. The molecular weight excluding hydrogens is 609 g/mol. The minimum atomic E-state index is 0.879. The quantitative estimate of drug-likeness (QED) is 0.188. The summed E-state index contributed by atoms with van der Waals surface area (Å²) in [5, 5.41) is 4.62. The number of fused-ring (bicyclic) bond motifs is 6. The molecule has 3 heterocycles. The minimum absolute atomic E-state index is 0.879. The number of nitrogens with zero attached hydrogens (tertiary/aromatic N) is 2. The van der Waals surface area contributed by atoms with Crippen LogP contribution in [-0.4, -0.2) is 9.55 Å². The van der Waals surface area contributed by atoms with Gasteiger partial charge in [0.1, 0.15) is 5.58 Å². The van der Waals surface area contributed by atoms with Crippen LogP contribution in [-0.2, 0) is 0 Å². The van der Waals surface area contributed by atoms with Gasteiger partial charge in [-0.15, -0.1) is 0 Å². The lowest BCUT2D eigenvalue weighted by Crippen LogP contribution is -1.95. The summed E-state index contributed by atoms with van der Waals surface area (Å²) in [4.78, 5) is 5.14. The third kappa shape index (κ3) is 4.63. The van der Waals surface area contributed by atoms with Gasteiger partial charge >= 0.3 is 0 Å². The highest BCUT2D eigenvalue weighted by Gasteiger charge is 2.19. The van der Waals surface area contributed by atoms with Gasteiger partial charge in [-0.1, -0.05) is 146 Å². The van der Waals surface area contributed by atoms with Crippen LogP contribution in [0.25, 0.3) is 94.2 Å². The molecule has 3 heteroatoms. The number of para-hydroxylation sites is 2. The number of benzene rings is 7. The smallest absolute Gasteiger partial charge is 0.159 e. The molecule has 0 unspecified atom stereocenters. The molecular formula is C47H30N2O. The summed E-state index contributed by atoms with van der Waals surface area (Å²) in [6, 6.07) is 64.3. The van der Waals surface area contributed by atoms with E-state index >= 15 is 0 Å². The first-order valence-electron chi connectivity index (χ1n) is 17.0. The third-order valence-corrected chi connectivity index (χ3v) is 9.80. The number of hydrogen-bond donors (Lipinski definition) is 0. The van der Waals surface area contributed by atoms with Gasteiger partial charge in [-0.3, -0.25) is 0 Å². The zero-order chi connectivity index (χ0) is 33.0. The van der Waals surface area contributed by atoms with Crippen molar-refractivity contribution in [1.82, 2.24) is 9.55 Å². The van der Waals surface area contributed by atoms with Crippen molar-refractivity contribution in [2.24, 2.45) is 0 Å². The van der Waals surface area contributed by atoms with E-state index in [4.69, 9.17) is 9.40 Å². The summed E-state index contributed by atoms with van der Waals surface area (Å²) < 4.78 is 9.03. The van der Waals surface area contributed by atoms with Gasteiger partial charge in [0, 0.05) is 32.7 Å². The highest BCUT2D eigenvalue weighted by Crippen LogP contribution is 2.41. The Bertz CT molecular complexity index is 2790. The average molecular weight is 639 g/mol. The van der Waals surface area contributed by atoms with Crippen LogP contribution in [0.15, 0.2) is 186 Å². The molecule has 0 aliphatic carbocycles. The van der Waals surface area contributed by atoms with Gasteiger partial charge in [0.15, 0.2) is 5.58 Å². The fraction of sp³-hybridized carbons (Fsp3) is 0. The SMILES string of the molecule is c1ccc(-c2ccc3c4ccc(-c5cc(-c6ccccc6)nc(-c6ccccc6)c5)cc4n(-c4cccc5c4oc4ccccc45)c3c2)cc1. The van der Waals surface area contributed by atoms with Crippen LogP contribution in [0.2, 0.25) is 0 Å². The molecule has 10 rings (SSSR count). The van der Waals surface area contributed by atoms with Crippen molar-refractivity contribution in [3.05, 3.63) is 182 Å². The number of rotatable bonds is 5. The molecule has 3 nitrogen and oxygen atoms in total. The molecule has 0 saturated carbocycles.